The van der Waals surface area contributed by atoms with Gasteiger partial charge in [0.15, 0.2) is 0 Å². The number of nitrogens with one attached hydrogen (secondary N) is 1. The molecule has 0 aliphatic carbocycles. The maximum Gasteiger partial charge on any atom is 0.136 e. The van der Waals surface area contributed by atoms with Crippen LogP contribution >= 0.6 is 0 Å². The summed E-state index contributed by atoms with van der Waals surface area (Å²) in [5.74, 6) is 0.915. The molecule has 0 bridgehead atoms. The third kappa shape index (κ3) is 3.65. The molecule has 4 aromatic carbocycles. The van der Waals surface area contributed by atoms with Crippen LogP contribution in [0.5, 0.6) is 5.75 Å². The van der Waals surface area contributed by atoms with E-state index in [9.17, 15) is 0 Å². The van der Waals surface area contributed by atoms with Crippen molar-refractivity contribution in [2.75, 3.05) is 13.7 Å². The number of aryl methyl sites for hydroxylation is 1. The van der Waals surface area contributed by atoms with Crippen LogP contribution in [-0.4, -0.2) is 18.6 Å². The summed E-state index contributed by atoms with van der Waals surface area (Å²) in [6.45, 7) is 0.715. The molecule has 0 aliphatic rings. The van der Waals surface area contributed by atoms with E-state index in [1.54, 1.807) is 7.11 Å². The molecule has 0 aliphatic heterocycles. The van der Waals surface area contributed by atoms with Crippen molar-refractivity contribution in [2.24, 2.45) is 5.73 Å². The lowest BCUT2D eigenvalue weighted by Crippen LogP contribution is -1.99. The zero-order valence-corrected chi connectivity index (χ0v) is 18.4. The first kappa shape index (κ1) is 20.3. The summed E-state index contributed by atoms with van der Waals surface area (Å²) in [5, 5.41) is 3.58. The van der Waals surface area contributed by atoms with Gasteiger partial charge in [-0.25, -0.2) is 0 Å². The van der Waals surface area contributed by atoms with Crippen LogP contribution in [0.15, 0.2) is 84.9 Å². The van der Waals surface area contributed by atoms with Crippen LogP contribution in [0.25, 0.3) is 44.1 Å². The predicted octanol–water partition coefficient (Wildman–Crippen LogP) is 6.95. The third-order valence-electron chi connectivity index (χ3n) is 6.25. The molecule has 0 saturated carbocycles. The Labute approximate surface area is 188 Å². The third-order valence-corrected chi connectivity index (χ3v) is 6.25. The summed E-state index contributed by atoms with van der Waals surface area (Å²) in [5.41, 5.74) is 13.0. The Morgan fingerprint density at radius 2 is 1.59 bits per heavy atom. The van der Waals surface area contributed by atoms with Gasteiger partial charge in [0, 0.05) is 21.9 Å². The molecule has 0 fully saturated rings. The highest BCUT2D eigenvalue weighted by Gasteiger charge is 2.18. The van der Waals surface area contributed by atoms with E-state index in [-0.39, 0.29) is 0 Å². The molecule has 160 valence electrons. The minimum atomic E-state index is 0.715. The predicted molar refractivity (Wildman–Crippen MR) is 135 cm³/mol. The molecule has 3 heteroatoms. The van der Waals surface area contributed by atoms with Crippen molar-refractivity contribution >= 4 is 21.7 Å². The number of aromatic amines is 1. The highest BCUT2D eigenvalue weighted by Crippen LogP contribution is 2.41. The van der Waals surface area contributed by atoms with Crippen LogP contribution in [0.4, 0.5) is 0 Å². The van der Waals surface area contributed by atoms with E-state index < -0.39 is 0 Å². The molecule has 5 rings (SSSR count). The van der Waals surface area contributed by atoms with Gasteiger partial charge in [-0.15, -0.1) is 0 Å². The minimum Gasteiger partial charge on any atom is -0.495 e. The Bertz CT molecular complexity index is 1370. The smallest absolute Gasteiger partial charge is 0.136 e. The number of methoxy groups -OCH3 is 1. The Morgan fingerprint density at radius 1 is 0.781 bits per heavy atom. The van der Waals surface area contributed by atoms with Gasteiger partial charge in [0.05, 0.1) is 12.8 Å². The summed E-state index contributed by atoms with van der Waals surface area (Å²) < 4.78 is 5.94. The number of fused-ring (bicyclic) bond motifs is 2. The molecule has 3 N–H and O–H groups in total. The van der Waals surface area contributed by atoms with Crippen LogP contribution in [0.1, 0.15) is 18.4 Å². The number of H-pyrrole nitrogens is 1. The van der Waals surface area contributed by atoms with Crippen molar-refractivity contribution in [3.63, 3.8) is 0 Å². The molecule has 5 aromatic rings. The fourth-order valence-electron chi connectivity index (χ4n) is 4.65. The van der Waals surface area contributed by atoms with Crippen LogP contribution in [0.3, 0.4) is 0 Å². The molecular formula is C29H28N2O. The first-order valence-electron chi connectivity index (χ1n) is 11.3. The quantitative estimate of drug-likeness (QED) is 0.280. The standard InChI is InChI=1S/C29H28N2O/c1-32-29-23-12-6-5-11-21(23)14-16-25(29)28-24(13-7-8-18-30)26-19-22(15-17-27(26)31-28)20-9-3-2-4-10-20/h2-6,9-12,14-17,19,31H,7-8,13,18,30H2,1H3. The number of unbranched alkanes of at least 4 members (excludes halogenated alkanes) is 1. The fourth-order valence-corrected chi connectivity index (χ4v) is 4.65. The first-order chi connectivity index (χ1) is 15.8. The van der Waals surface area contributed by atoms with Gasteiger partial charge < -0.3 is 15.5 Å². The summed E-state index contributed by atoms with van der Waals surface area (Å²) in [6.07, 6.45) is 3.04. The number of benzene rings is 4. The second-order valence-corrected chi connectivity index (χ2v) is 8.22. The van der Waals surface area contributed by atoms with Crippen LogP contribution in [-0.2, 0) is 6.42 Å². The maximum atomic E-state index is 5.94. The van der Waals surface area contributed by atoms with Crippen LogP contribution in [0.2, 0.25) is 0 Å². The SMILES string of the molecule is COc1c(-c2[nH]c3ccc(-c4ccccc4)cc3c2CCCCN)ccc2ccccc12. The first-order valence-corrected chi connectivity index (χ1v) is 11.3. The van der Waals surface area contributed by atoms with Gasteiger partial charge in [-0.1, -0.05) is 66.7 Å². The molecule has 3 nitrogen and oxygen atoms in total. The summed E-state index contributed by atoms with van der Waals surface area (Å²) in [7, 11) is 1.76. The summed E-state index contributed by atoms with van der Waals surface area (Å²) in [6, 6.07) is 30.0. The largest absolute Gasteiger partial charge is 0.495 e. The van der Waals surface area contributed by atoms with Gasteiger partial charge in [0.2, 0.25) is 0 Å². The van der Waals surface area contributed by atoms with Crippen molar-refractivity contribution in [3.05, 3.63) is 90.5 Å². The average Bonchev–Trinajstić information content (AvgIpc) is 3.21. The van der Waals surface area contributed by atoms with Crippen LogP contribution in [0, 0.1) is 0 Å². The van der Waals surface area contributed by atoms with E-state index in [4.69, 9.17) is 10.5 Å². The van der Waals surface area contributed by atoms with E-state index >= 15 is 0 Å². The molecule has 0 atom stereocenters. The normalized spacial score (nSPS) is 11.3. The summed E-state index contributed by atoms with van der Waals surface area (Å²) >= 11 is 0. The van der Waals surface area contributed by atoms with Crippen molar-refractivity contribution in [1.82, 2.24) is 4.98 Å². The second kappa shape index (κ2) is 8.89. The number of hydrogen-bond donors (Lipinski definition) is 2. The summed E-state index contributed by atoms with van der Waals surface area (Å²) in [4.78, 5) is 3.71. The van der Waals surface area contributed by atoms with Gasteiger partial charge in [-0.2, -0.15) is 0 Å². The van der Waals surface area contributed by atoms with Crippen molar-refractivity contribution in [3.8, 4) is 28.1 Å². The van der Waals surface area contributed by atoms with Crippen molar-refractivity contribution in [2.45, 2.75) is 19.3 Å². The molecule has 0 unspecified atom stereocenters. The minimum absolute atomic E-state index is 0.715. The topological polar surface area (TPSA) is 51.0 Å². The van der Waals surface area contributed by atoms with E-state index in [1.807, 2.05) is 0 Å². The van der Waals surface area contributed by atoms with Crippen LogP contribution < -0.4 is 10.5 Å². The number of nitrogens with two attached hydrogens (primary N) is 1. The lowest BCUT2D eigenvalue weighted by molar-refractivity contribution is 0.421. The van der Waals surface area contributed by atoms with E-state index in [2.05, 4.69) is 89.9 Å². The fraction of sp³-hybridized carbons (Fsp3) is 0.172. The maximum absolute atomic E-state index is 5.94. The Hall–Kier alpha value is -3.56. The number of ether oxygens (including phenoxy) is 1. The zero-order chi connectivity index (χ0) is 21.9. The zero-order valence-electron chi connectivity index (χ0n) is 18.4. The highest BCUT2D eigenvalue weighted by atomic mass is 16.5. The molecule has 0 spiro atoms. The Kier molecular flexibility index (Phi) is 5.66. The van der Waals surface area contributed by atoms with E-state index in [0.717, 1.165) is 47.2 Å². The average molecular weight is 421 g/mol. The van der Waals surface area contributed by atoms with Gasteiger partial charge in [-0.3, -0.25) is 0 Å². The van der Waals surface area contributed by atoms with Gasteiger partial charge in [-0.05, 0) is 66.1 Å². The van der Waals surface area contributed by atoms with Crippen molar-refractivity contribution in [1.29, 1.82) is 0 Å². The Morgan fingerprint density at radius 3 is 2.41 bits per heavy atom. The van der Waals surface area contributed by atoms with E-state index in [0.29, 0.717) is 6.54 Å². The monoisotopic (exact) mass is 420 g/mol. The molecule has 1 heterocycles. The lowest BCUT2D eigenvalue weighted by atomic mass is 9.96. The molecule has 0 saturated heterocycles. The number of hydrogen-bond acceptors (Lipinski definition) is 2. The molecule has 1 aromatic heterocycles. The van der Waals surface area contributed by atoms with Gasteiger partial charge in [0.25, 0.3) is 0 Å². The van der Waals surface area contributed by atoms with Gasteiger partial charge >= 0.3 is 0 Å². The molecule has 0 radical (unpaired) electrons. The number of aromatic nitrogens is 1. The second-order valence-electron chi connectivity index (χ2n) is 8.22. The molecular weight excluding hydrogens is 392 g/mol. The molecule has 0 amide bonds. The number of rotatable bonds is 7. The van der Waals surface area contributed by atoms with Crippen molar-refractivity contribution < 1.29 is 4.74 Å². The molecule has 32 heavy (non-hydrogen) atoms. The van der Waals surface area contributed by atoms with E-state index in [1.165, 1.54) is 27.5 Å². The van der Waals surface area contributed by atoms with Gasteiger partial charge in [0.1, 0.15) is 5.75 Å². The lowest BCUT2D eigenvalue weighted by Gasteiger charge is -2.13. The highest BCUT2D eigenvalue weighted by molar-refractivity contribution is 5.99. The Balaban J connectivity index is 1.72.